The van der Waals surface area contributed by atoms with Crippen LogP contribution in [0, 0.1) is 0 Å². The third-order valence-electron chi connectivity index (χ3n) is 9.35. The van der Waals surface area contributed by atoms with Gasteiger partial charge in [0.25, 0.3) is 0 Å². The molecule has 0 saturated heterocycles. The summed E-state index contributed by atoms with van der Waals surface area (Å²) in [6.45, 7) is 4.29. The van der Waals surface area contributed by atoms with Gasteiger partial charge in [0.05, 0.1) is 18.8 Å². The molecular weight excluding hydrogens is 578 g/mol. The molecule has 0 aromatic rings. The molecule has 2 atom stereocenters. The second-order valence-corrected chi connectivity index (χ2v) is 14.0. The SMILES string of the molecule is CCCCCCCCC/C=C\CCCCCCCCCC(=O)NC(CO)C(O)/C=C/CC/C=C/CCCCCCCCCCCCC. The first kappa shape index (κ1) is 45.6. The first-order valence-electron chi connectivity index (χ1n) is 20.7. The van der Waals surface area contributed by atoms with Gasteiger partial charge in [-0.1, -0.05) is 185 Å². The molecule has 0 heterocycles. The zero-order valence-corrected chi connectivity index (χ0v) is 31.5. The molecule has 0 saturated carbocycles. The molecule has 0 radical (unpaired) electrons. The van der Waals surface area contributed by atoms with Crippen LogP contribution in [0.2, 0.25) is 0 Å². The van der Waals surface area contributed by atoms with Crippen LogP contribution < -0.4 is 5.32 Å². The van der Waals surface area contributed by atoms with Crippen molar-refractivity contribution in [2.45, 2.75) is 225 Å². The van der Waals surface area contributed by atoms with Crippen LogP contribution >= 0.6 is 0 Å². The molecule has 0 bridgehead atoms. The van der Waals surface area contributed by atoms with Crippen LogP contribution in [0.1, 0.15) is 213 Å². The summed E-state index contributed by atoms with van der Waals surface area (Å²) in [4.78, 5) is 12.3. The van der Waals surface area contributed by atoms with Crippen molar-refractivity contribution < 1.29 is 15.0 Å². The Morgan fingerprint density at radius 2 is 0.830 bits per heavy atom. The minimum atomic E-state index is -0.862. The third-order valence-corrected chi connectivity index (χ3v) is 9.35. The van der Waals surface area contributed by atoms with Gasteiger partial charge >= 0.3 is 0 Å². The smallest absolute Gasteiger partial charge is 0.220 e. The molecule has 0 aromatic heterocycles. The van der Waals surface area contributed by atoms with E-state index in [9.17, 15) is 15.0 Å². The van der Waals surface area contributed by atoms with E-state index in [1.807, 2.05) is 6.08 Å². The normalized spacial score (nSPS) is 13.4. The van der Waals surface area contributed by atoms with Gasteiger partial charge in [0.15, 0.2) is 0 Å². The van der Waals surface area contributed by atoms with Crippen LogP contribution in [0.25, 0.3) is 0 Å². The van der Waals surface area contributed by atoms with Gasteiger partial charge in [0, 0.05) is 6.42 Å². The monoisotopic (exact) mass is 660 g/mol. The van der Waals surface area contributed by atoms with E-state index >= 15 is 0 Å². The van der Waals surface area contributed by atoms with Crippen molar-refractivity contribution in [3.05, 3.63) is 36.5 Å². The van der Waals surface area contributed by atoms with Gasteiger partial charge in [0.1, 0.15) is 0 Å². The predicted octanol–water partition coefficient (Wildman–Crippen LogP) is 12.6. The predicted molar refractivity (Wildman–Crippen MR) is 207 cm³/mol. The number of carbonyl (C=O) groups excluding carboxylic acids is 1. The average Bonchev–Trinajstić information content (AvgIpc) is 3.07. The van der Waals surface area contributed by atoms with Crippen LogP contribution in [0.4, 0.5) is 0 Å². The first-order chi connectivity index (χ1) is 23.2. The Morgan fingerprint density at radius 3 is 1.23 bits per heavy atom. The van der Waals surface area contributed by atoms with E-state index in [1.165, 1.54) is 161 Å². The van der Waals surface area contributed by atoms with Crippen LogP contribution in [0.15, 0.2) is 36.5 Å². The summed E-state index contributed by atoms with van der Waals surface area (Å²) in [5.74, 6) is -0.0786. The number of carbonyl (C=O) groups is 1. The largest absolute Gasteiger partial charge is 0.394 e. The van der Waals surface area contributed by atoms with E-state index in [1.54, 1.807) is 6.08 Å². The molecule has 0 rings (SSSR count). The lowest BCUT2D eigenvalue weighted by Crippen LogP contribution is -2.45. The minimum Gasteiger partial charge on any atom is -0.394 e. The second kappa shape index (κ2) is 39.1. The van der Waals surface area contributed by atoms with Crippen molar-refractivity contribution in [3.8, 4) is 0 Å². The van der Waals surface area contributed by atoms with Gasteiger partial charge in [-0.15, -0.1) is 0 Å². The zero-order valence-electron chi connectivity index (χ0n) is 31.5. The van der Waals surface area contributed by atoms with Gasteiger partial charge in [-0.2, -0.15) is 0 Å². The Kier molecular flexibility index (Phi) is 37.9. The molecule has 0 aliphatic heterocycles. The van der Waals surface area contributed by atoms with Crippen molar-refractivity contribution in [2.24, 2.45) is 0 Å². The Labute approximate surface area is 293 Å². The van der Waals surface area contributed by atoms with E-state index in [-0.39, 0.29) is 12.5 Å². The number of amides is 1. The summed E-state index contributed by atoms with van der Waals surface area (Å²) in [6, 6.07) is -0.639. The summed E-state index contributed by atoms with van der Waals surface area (Å²) in [6.07, 6.45) is 51.0. The topological polar surface area (TPSA) is 69.6 Å². The van der Waals surface area contributed by atoms with Crippen molar-refractivity contribution in [2.75, 3.05) is 6.61 Å². The number of aliphatic hydroxyl groups is 2. The van der Waals surface area contributed by atoms with Crippen LogP contribution in [0.5, 0.6) is 0 Å². The number of rotatable bonds is 37. The Hall–Kier alpha value is -1.39. The molecule has 0 aliphatic rings. The number of allylic oxidation sites excluding steroid dienone is 5. The first-order valence-corrected chi connectivity index (χ1v) is 20.7. The third kappa shape index (κ3) is 35.7. The number of nitrogens with one attached hydrogen (secondary N) is 1. The summed E-state index contributed by atoms with van der Waals surface area (Å²) in [5.41, 5.74) is 0. The van der Waals surface area contributed by atoms with Gasteiger partial charge in [-0.05, 0) is 57.8 Å². The van der Waals surface area contributed by atoms with Gasteiger partial charge in [-0.25, -0.2) is 0 Å². The highest BCUT2D eigenvalue weighted by Gasteiger charge is 2.17. The maximum absolute atomic E-state index is 12.3. The maximum atomic E-state index is 12.3. The summed E-state index contributed by atoms with van der Waals surface area (Å²) < 4.78 is 0. The molecule has 276 valence electrons. The Bertz CT molecular complexity index is 716. The molecule has 0 aromatic carbocycles. The lowest BCUT2D eigenvalue weighted by atomic mass is 10.1. The highest BCUT2D eigenvalue weighted by molar-refractivity contribution is 5.76. The Balaban J connectivity index is 3.64. The van der Waals surface area contributed by atoms with Gasteiger partial charge in [-0.3, -0.25) is 4.79 Å². The van der Waals surface area contributed by atoms with Gasteiger partial charge < -0.3 is 15.5 Å². The van der Waals surface area contributed by atoms with E-state index in [2.05, 4.69) is 43.5 Å². The minimum absolute atomic E-state index is 0.0786. The van der Waals surface area contributed by atoms with Crippen molar-refractivity contribution in [1.82, 2.24) is 5.32 Å². The van der Waals surface area contributed by atoms with E-state index < -0.39 is 12.1 Å². The molecule has 0 fully saturated rings. The summed E-state index contributed by atoms with van der Waals surface area (Å²) in [5, 5.41) is 22.9. The molecule has 1 amide bonds. The fourth-order valence-corrected chi connectivity index (χ4v) is 6.13. The maximum Gasteiger partial charge on any atom is 0.220 e. The van der Waals surface area contributed by atoms with Crippen molar-refractivity contribution in [1.29, 1.82) is 0 Å². The van der Waals surface area contributed by atoms with Crippen molar-refractivity contribution in [3.63, 3.8) is 0 Å². The van der Waals surface area contributed by atoms with Crippen LogP contribution in [0.3, 0.4) is 0 Å². The average molecular weight is 660 g/mol. The van der Waals surface area contributed by atoms with Crippen LogP contribution in [-0.4, -0.2) is 34.9 Å². The fourth-order valence-electron chi connectivity index (χ4n) is 6.13. The molecule has 2 unspecified atom stereocenters. The van der Waals surface area contributed by atoms with Crippen LogP contribution in [-0.2, 0) is 4.79 Å². The number of aliphatic hydroxyl groups excluding tert-OH is 2. The zero-order chi connectivity index (χ0) is 34.3. The molecular formula is C43H81NO3. The molecule has 47 heavy (non-hydrogen) atoms. The molecule has 4 heteroatoms. The number of hydrogen-bond acceptors (Lipinski definition) is 3. The van der Waals surface area contributed by atoms with E-state index in [4.69, 9.17) is 0 Å². The van der Waals surface area contributed by atoms with E-state index in [0.29, 0.717) is 6.42 Å². The molecule has 3 N–H and O–H groups in total. The summed E-state index contributed by atoms with van der Waals surface area (Å²) >= 11 is 0. The fraction of sp³-hybridized carbons (Fsp3) is 0.837. The van der Waals surface area contributed by atoms with Gasteiger partial charge in [0.2, 0.25) is 5.91 Å². The quantitative estimate of drug-likeness (QED) is 0.0459. The number of unbranched alkanes of at least 4 members (excludes halogenated alkanes) is 26. The Morgan fingerprint density at radius 1 is 0.489 bits per heavy atom. The highest BCUT2D eigenvalue weighted by Crippen LogP contribution is 2.14. The van der Waals surface area contributed by atoms with E-state index in [0.717, 1.165) is 32.1 Å². The number of hydrogen-bond donors (Lipinski definition) is 3. The summed E-state index contributed by atoms with van der Waals surface area (Å²) in [7, 11) is 0. The lowest BCUT2D eigenvalue weighted by molar-refractivity contribution is -0.123. The standard InChI is InChI=1S/C43H81NO3/c1-3-5-7-9-11-13-15-17-19-21-23-25-27-29-31-33-35-37-39-43(47)44-41(40-45)42(46)38-36-34-32-30-28-26-24-22-20-18-16-14-12-10-8-6-4-2/h19,21,28,30,36,38,41-42,45-46H,3-18,20,22-27,29,31-35,37,39-40H2,1-2H3,(H,44,47)/b21-19-,30-28+,38-36+. The highest BCUT2D eigenvalue weighted by atomic mass is 16.3. The molecule has 4 nitrogen and oxygen atoms in total. The lowest BCUT2D eigenvalue weighted by Gasteiger charge is -2.19. The molecule has 0 spiro atoms. The van der Waals surface area contributed by atoms with Crippen molar-refractivity contribution >= 4 is 5.91 Å². The molecule has 0 aliphatic carbocycles. The second-order valence-electron chi connectivity index (χ2n) is 14.0.